The number of rotatable bonds is 6. The van der Waals surface area contributed by atoms with Crippen LogP contribution in [0.4, 0.5) is 4.39 Å². The maximum atomic E-state index is 13.4. The molecule has 2 N–H and O–H groups in total. The SMILES string of the molecule is CS(=O)(=O)Cc1ccc(C(=O)OCC(=O)NNC(=O)c2ccccc2F)cc1. The van der Waals surface area contributed by atoms with E-state index >= 15 is 0 Å². The van der Waals surface area contributed by atoms with Crippen molar-refractivity contribution in [2.45, 2.75) is 5.75 Å². The average molecular weight is 408 g/mol. The zero-order chi connectivity index (χ0) is 20.7. The van der Waals surface area contributed by atoms with Gasteiger partial charge in [0.2, 0.25) is 0 Å². The molecular weight excluding hydrogens is 391 g/mol. The molecule has 10 heteroatoms. The van der Waals surface area contributed by atoms with Crippen LogP contribution in [0.5, 0.6) is 0 Å². The number of carbonyl (C=O) groups is 3. The number of carbonyl (C=O) groups excluding carboxylic acids is 3. The Balaban J connectivity index is 1.81. The number of amides is 2. The second-order valence-corrected chi connectivity index (χ2v) is 7.97. The molecule has 0 bridgehead atoms. The summed E-state index contributed by atoms with van der Waals surface area (Å²) in [5, 5.41) is 0. The number of hydrogen-bond donors (Lipinski definition) is 2. The van der Waals surface area contributed by atoms with Gasteiger partial charge in [-0.25, -0.2) is 17.6 Å². The van der Waals surface area contributed by atoms with Crippen molar-refractivity contribution < 1.29 is 31.9 Å². The van der Waals surface area contributed by atoms with Crippen LogP contribution in [0.2, 0.25) is 0 Å². The molecule has 2 aromatic carbocycles. The van der Waals surface area contributed by atoms with Gasteiger partial charge in [-0.3, -0.25) is 20.4 Å². The summed E-state index contributed by atoms with van der Waals surface area (Å²) in [6, 6.07) is 10.9. The molecule has 0 aliphatic rings. The van der Waals surface area contributed by atoms with Crippen LogP contribution in [0.15, 0.2) is 48.5 Å². The Hall–Kier alpha value is -3.27. The summed E-state index contributed by atoms with van der Waals surface area (Å²) in [5.74, 6) is -3.40. The van der Waals surface area contributed by atoms with Gasteiger partial charge in [0.15, 0.2) is 16.4 Å². The lowest BCUT2D eigenvalue weighted by atomic mass is 10.1. The van der Waals surface area contributed by atoms with Gasteiger partial charge in [0, 0.05) is 6.26 Å². The third-order valence-corrected chi connectivity index (χ3v) is 4.24. The van der Waals surface area contributed by atoms with E-state index in [4.69, 9.17) is 4.74 Å². The molecule has 2 rings (SSSR count). The van der Waals surface area contributed by atoms with Crippen molar-refractivity contribution in [1.29, 1.82) is 0 Å². The molecule has 0 aliphatic carbocycles. The van der Waals surface area contributed by atoms with E-state index in [1.54, 1.807) is 0 Å². The lowest BCUT2D eigenvalue weighted by molar-refractivity contribution is -0.125. The number of benzene rings is 2. The van der Waals surface area contributed by atoms with Crippen LogP contribution in [-0.4, -0.2) is 39.1 Å². The van der Waals surface area contributed by atoms with Crippen LogP contribution in [0, 0.1) is 5.82 Å². The molecule has 0 fully saturated rings. The maximum Gasteiger partial charge on any atom is 0.338 e. The first-order chi connectivity index (χ1) is 13.2. The first-order valence-electron chi connectivity index (χ1n) is 7.93. The van der Waals surface area contributed by atoms with E-state index < -0.39 is 40.0 Å². The Morgan fingerprint density at radius 1 is 1.00 bits per heavy atom. The lowest BCUT2D eigenvalue weighted by Gasteiger charge is -2.09. The number of esters is 1. The molecule has 28 heavy (non-hydrogen) atoms. The molecule has 0 aromatic heterocycles. The molecule has 0 aliphatic heterocycles. The Labute approximate surface area is 160 Å². The van der Waals surface area contributed by atoms with Gasteiger partial charge in [0.1, 0.15) is 5.82 Å². The summed E-state index contributed by atoms with van der Waals surface area (Å²) in [6.07, 6.45) is 1.10. The number of ether oxygens (including phenoxy) is 1. The highest BCUT2D eigenvalue weighted by molar-refractivity contribution is 7.89. The number of nitrogens with one attached hydrogen (secondary N) is 2. The number of halogens is 1. The molecule has 0 saturated carbocycles. The van der Waals surface area contributed by atoms with Gasteiger partial charge < -0.3 is 4.74 Å². The molecule has 0 atom stereocenters. The highest BCUT2D eigenvalue weighted by atomic mass is 32.2. The number of hydrazine groups is 1. The largest absolute Gasteiger partial charge is 0.452 e. The van der Waals surface area contributed by atoms with Crippen molar-refractivity contribution in [3.05, 3.63) is 71.0 Å². The van der Waals surface area contributed by atoms with E-state index in [0.29, 0.717) is 5.56 Å². The van der Waals surface area contributed by atoms with Crippen molar-refractivity contribution in [2.24, 2.45) is 0 Å². The van der Waals surface area contributed by atoms with Gasteiger partial charge in [-0.1, -0.05) is 24.3 Å². The third kappa shape index (κ3) is 6.47. The molecule has 0 saturated heterocycles. The topological polar surface area (TPSA) is 119 Å². The Bertz CT molecular complexity index is 989. The quantitative estimate of drug-likeness (QED) is 0.544. The van der Waals surface area contributed by atoms with Gasteiger partial charge in [0.25, 0.3) is 11.8 Å². The van der Waals surface area contributed by atoms with Crippen molar-refractivity contribution in [3.63, 3.8) is 0 Å². The Morgan fingerprint density at radius 3 is 2.25 bits per heavy atom. The molecule has 0 spiro atoms. The van der Waals surface area contributed by atoms with Crippen LogP contribution in [0.1, 0.15) is 26.3 Å². The normalized spacial score (nSPS) is 10.8. The van der Waals surface area contributed by atoms with Crippen molar-refractivity contribution >= 4 is 27.6 Å². The fourth-order valence-corrected chi connectivity index (χ4v) is 2.93. The zero-order valence-corrected chi connectivity index (χ0v) is 15.6. The molecule has 2 aromatic rings. The van der Waals surface area contributed by atoms with Crippen molar-refractivity contribution in [3.8, 4) is 0 Å². The zero-order valence-electron chi connectivity index (χ0n) is 14.8. The minimum Gasteiger partial charge on any atom is -0.452 e. The molecule has 0 radical (unpaired) electrons. The molecule has 8 nitrogen and oxygen atoms in total. The highest BCUT2D eigenvalue weighted by Crippen LogP contribution is 2.09. The molecule has 0 heterocycles. The minimum absolute atomic E-state index is 0.125. The summed E-state index contributed by atoms with van der Waals surface area (Å²) in [6.45, 7) is -0.679. The maximum absolute atomic E-state index is 13.4. The van der Waals surface area contributed by atoms with Gasteiger partial charge in [0.05, 0.1) is 16.9 Å². The number of hydrogen-bond acceptors (Lipinski definition) is 6. The molecule has 0 unspecified atom stereocenters. The van der Waals surface area contributed by atoms with Gasteiger partial charge >= 0.3 is 5.97 Å². The first kappa shape index (κ1) is 21.0. The average Bonchev–Trinajstić information content (AvgIpc) is 2.64. The monoisotopic (exact) mass is 408 g/mol. The third-order valence-electron chi connectivity index (χ3n) is 3.39. The molecule has 2 amide bonds. The van der Waals surface area contributed by atoms with Crippen molar-refractivity contribution in [2.75, 3.05) is 12.9 Å². The standard InChI is InChI=1S/C18H17FN2O6S/c1-28(25,26)11-12-6-8-13(9-7-12)18(24)27-10-16(22)20-21-17(23)14-4-2-3-5-15(14)19/h2-9H,10-11H2,1H3,(H,20,22)(H,21,23). The summed E-state index contributed by atoms with van der Waals surface area (Å²) < 4.78 is 40.7. The highest BCUT2D eigenvalue weighted by Gasteiger charge is 2.14. The summed E-state index contributed by atoms with van der Waals surface area (Å²) in [7, 11) is -3.20. The first-order valence-corrected chi connectivity index (χ1v) is 9.99. The van der Waals surface area contributed by atoms with Gasteiger partial charge in [-0.15, -0.1) is 0 Å². The summed E-state index contributed by atoms with van der Waals surface area (Å²) in [5.41, 5.74) is 4.38. The van der Waals surface area contributed by atoms with E-state index in [1.165, 1.54) is 42.5 Å². The van der Waals surface area contributed by atoms with E-state index in [1.807, 2.05) is 10.9 Å². The fraction of sp³-hybridized carbons (Fsp3) is 0.167. The molecular formula is C18H17FN2O6S. The van der Waals surface area contributed by atoms with Gasteiger partial charge in [-0.05, 0) is 29.8 Å². The predicted molar refractivity (Wildman–Crippen MR) is 97.3 cm³/mol. The van der Waals surface area contributed by atoms with Crippen LogP contribution < -0.4 is 10.9 Å². The van der Waals surface area contributed by atoms with E-state index in [0.717, 1.165) is 12.3 Å². The minimum atomic E-state index is -3.20. The smallest absolute Gasteiger partial charge is 0.338 e. The number of sulfone groups is 1. The van der Waals surface area contributed by atoms with Crippen LogP contribution in [-0.2, 0) is 25.1 Å². The fourth-order valence-electron chi connectivity index (χ4n) is 2.13. The van der Waals surface area contributed by atoms with Gasteiger partial charge in [-0.2, -0.15) is 0 Å². The van der Waals surface area contributed by atoms with E-state index in [-0.39, 0.29) is 16.9 Å². The van der Waals surface area contributed by atoms with Crippen molar-refractivity contribution in [1.82, 2.24) is 10.9 Å². The Morgan fingerprint density at radius 2 is 1.64 bits per heavy atom. The Kier molecular flexibility index (Phi) is 6.83. The van der Waals surface area contributed by atoms with E-state index in [2.05, 4.69) is 0 Å². The van der Waals surface area contributed by atoms with Crippen LogP contribution in [0.25, 0.3) is 0 Å². The summed E-state index contributed by atoms with van der Waals surface area (Å²) in [4.78, 5) is 35.3. The second kappa shape index (κ2) is 9.09. The lowest BCUT2D eigenvalue weighted by Crippen LogP contribution is -2.43. The van der Waals surface area contributed by atoms with Crippen LogP contribution >= 0.6 is 0 Å². The van der Waals surface area contributed by atoms with Crippen LogP contribution in [0.3, 0.4) is 0 Å². The molecule has 148 valence electrons. The predicted octanol–water partition coefficient (Wildman–Crippen LogP) is 0.988. The second-order valence-electron chi connectivity index (χ2n) is 5.83. The summed E-state index contributed by atoms with van der Waals surface area (Å²) >= 11 is 0. The van der Waals surface area contributed by atoms with E-state index in [9.17, 15) is 27.2 Å².